The number of benzene rings is 1. The van der Waals surface area contributed by atoms with Gasteiger partial charge in [0.2, 0.25) is 0 Å². The quantitative estimate of drug-likeness (QED) is 0.399. The second-order valence-corrected chi connectivity index (χ2v) is 9.35. The molecule has 2 aliphatic carbocycles. The molecule has 2 saturated carbocycles. The van der Waals surface area contributed by atoms with E-state index in [1.165, 1.54) is 89.2 Å². The van der Waals surface area contributed by atoms with Crippen molar-refractivity contribution in [2.45, 2.75) is 103 Å². The van der Waals surface area contributed by atoms with E-state index in [1.807, 2.05) is 0 Å². The van der Waals surface area contributed by atoms with Crippen molar-refractivity contribution in [3.8, 4) is 0 Å². The molecule has 0 spiro atoms. The first-order chi connectivity index (χ1) is 13.2. The molecule has 0 amide bonds. The summed E-state index contributed by atoms with van der Waals surface area (Å²) in [6.45, 7) is 2.29. The van der Waals surface area contributed by atoms with Crippen LogP contribution in [0.1, 0.15) is 108 Å². The molecule has 0 radical (unpaired) electrons. The van der Waals surface area contributed by atoms with Crippen molar-refractivity contribution in [3.05, 3.63) is 35.4 Å². The highest BCUT2D eigenvalue weighted by Crippen LogP contribution is 2.40. The fourth-order valence-corrected chi connectivity index (χ4v) is 5.51. The number of halogens is 2. The van der Waals surface area contributed by atoms with Crippen molar-refractivity contribution in [1.82, 2.24) is 0 Å². The second-order valence-electron chi connectivity index (χ2n) is 9.35. The Morgan fingerprint density at radius 2 is 1.26 bits per heavy atom. The van der Waals surface area contributed by atoms with E-state index in [4.69, 9.17) is 0 Å². The number of unbranched alkanes of at least 4 members (excludes halogenated alkanes) is 2. The lowest BCUT2D eigenvalue weighted by atomic mass is 9.74. The molecule has 1 aromatic carbocycles. The summed E-state index contributed by atoms with van der Waals surface area (Å²) >= 11 is 0. The van der Waals surface area contributed by atoms with Crippen LogP contribution in [0.25, 0.3) is 0 Å². The minimum Gasteiger partial charge on any atom is -0.204 e. The van der Waals surface area contributed by atoms with Crippen molar-refractivity contribution in [1.29, 1.82) is 0 Å². The smallest absolute Gasteiger partial charge is 0.159 e. The summed E-state index contributed by atoms with van der Waals surface area (Å²) < 4.78 is 26.6. The Bertz CT molecular complexity index is 551. The van der Waals surface area contributed by atoms with E-state index in [0.29, 0.717) is 5.92 Å². The highest BCUT2D eigenvalue weighted by molar-refractivity contribution is 5.22. The summed E-state index contributed by atoms with van der Waals surface area (Å²) in [7, 11) is 0. The zero-order valence-corrected chi connectivity index (χ0v) is 17.2. The Morgan fingerprint density at radius 1 is 0.704 bits per heavy atom. The lowest BCUT2D eigenvalue weighted by molar-refractivity contribution is 0.222. The van der Waals surface area contributed by atoms with Gasteiger partial charge in [0.25, 0.3) is 0 Å². The lowest BCUT2D eigenvalue weighted by Crippen LogP contribution is -2.18. The molecular weight excluding hydrogens is 338 g/mol. The first kappa shape index (κ1) is 20.8. The number of rotatable bonds is 8. The van der Waals surface area contributed by atoms with Crippen LogP contribution < -0.4 is 0 Å². The third-order valence-electron chi connectivity index (χ3n) is 7.43. The van der Waals surface area contributed by atoms with E-state index in [2.05, 4.69) is 6.92 Å². The Morgan fingerprint density at radius 3 is 1.81 bits per heavy atom. The number of hydrogen-bond acceptors (Lipinski definition) is 0. The van der Waals surface area contributed by atoms with Crippen LogP contribution in [0.15, 0.2) is 18.2 Å². The van der Waals surface area contributed by atoms with E-state index in [9.17, 15) is 8.78 Å². The van der Waals surface area contributed by atoms with Crippen LogP contribution in [0.4, 0.5) is 8.78 Å². The molecule has 2 heteroatoms. The van der Waals surface area contributed by atoms with Crippen LogP contribution >= 0.6 is 0 Å². The Kier molecular flexibility index (Phi) is 8.15. The van der Waals surface area contributed by atoms with Crippen LogP contribution in [-0.2, 0) is 0 Å². The maximum atomic E-state index is 13.5. The standard InChI is InChI=1S/C25H38F2/c1-2-3-4-5-19-6-8-20(9-7-19)10-11-21-12-14-22(15-13-21)23-16-17-24(26)25(27)18-23/h16-22H,2-15H2,1H3/t19-,20-,21?,22?. The van der Waals surface area contributed by atoms with E-state index in [0.717, 1.165) is 36.2 Å². The summed E-state index contributed by atoms with van der Waals surface area (Å²) in [6, 6.07) is 4.48. The van der Waals surface area contributed by atoms with Crippen LogP contribution in [-0.4, -0.2) is 0 Å². The first-order valence-electron chi connectivity index (χ1n) is 11.6. The molecule has 3 rings (SSSR count). The van der Waals surface area contributed by atoms with E-state index in [1.54, 1.807) is 6.07 Å². The zero-order chi connectivity index (χ0) is 19.1. The summed E-state index contributed by atoms with van der Waals surface area (Å²) in [4.78, 5) is 0. The van der Waals surface area contributed by atoms with Gasteiger partial charge in [0.1, 0.15) is 0 Å². The molecule has 152 valence electrons. The fourth-order valence-electron chi connectivity index (χ4n) is 5.51. The average Bonchev–Trinajstić information content (AvgIpc) is 2.70. The fraction of sp³-hybridized carbons (Fsp3) is 0.760. The molecule has 0 aromatic heterocycles. The van der Waals surface area contributed by atoms with Gasteiger partial charge >= 0.3 is 0 Å². The molecule has 0 nitrogen and oxygen atoms in total. The summed E-state index contributed by atoms with van der Waals surface area (Å²) in [5, 5.41) is 0. The average molecular weight is 377 g/mol. The summed E-state index contributed by atoms with van der Waals surface area (Å²) in [6.07, 6.45) is 19.1. The molecule has 1 aromatic rings. The topological polar surface area (TPSA) is 0 Å². The molecule has 0 heterocycles. The maximum Gasteiger partial charge on any atom is 0.159 e. The van der Waals surface area contributed by atoms with Gasteiger partial charge in [-0.2, -0.15) is 0 Å². The largest absolute Gasteiger partial charge is 0.204 e. The van der Waals surface area contributed by atoms with Gasteiger partial charge in [-0.25, -0.2) is 8.78 Å². The van der Waals surface area contributed by atoms with E-state index in [-0.39, 0.29) is 0 Å². The minimum absolute atomic E-state index is 0.426. The van der Waals surface area contributed by atoms with Crippen molar-refractivity contribution >= 4 is 0 Å². The van der Waals surface area contributed by atoms with Crippen molar-refractivity contribution in [2.75, 3.05) is 0 Å². The van der Waals surface area contributed by atoms with Gasteiger partial charge in [-0.05, 0) is 67.1 Å². The normalized spacial score (nSPS) is 29.0. The van der Waals surface area contributed by atoms with Gasteiger partial charge in [-0.1, -0.05) is 77.2 Å². The van der Waals surface area contributed by atoms with Crippen LogP contribution in [0.5, 0.6) is 0 Å². The molecule has 0 bridgehead atoms. The molecule has 0 saturated heterocycles. The molecule has 2 fully saturated rings. The lowest BCUT2D eigenvalue weighted by Gasteiger charge is -2.32. The van der Waals surface area contributed by atoms with E-state index < -0.39 is 11.6 Å². The third-order valence-corrected chi connectivity index (χ3v) is 7.43. The van der Waals surface area contributed by atoms with Gasteiger partial charge in [0, 0.05) is 0 Å². The molecule has 0 unspecified atom stereocenters. The Labute approximate surface area is 165 Å². The minimum atomic E-state index is -0.729. The molecule has 27 heavy (non-hydrogen) atoms. The maximum absolute atomic E-state index is 13.5. The van der Waals surface area contributed by atoms with Gasteiger partial charge in [-0.15, -0.1) is 0 Å². The first-order valence-corrected chi connectivity index (χ1v) is 11.6. The molecular formula is C25H38F2. The summed E-state index contributed by atoms with van der Waals surface area (Å²) in [5.74, 6) is 1.84. The Balaban J connectivity index is 1.32. The van der Waals surface area contributed by atoms with Gasteiger partial charge in [0.15, 0.2) is 11.6 Å². The molecule has 0 atom stereocenters. The van der Waals surface area contributed by atoms with Gasteiger partial charge in [-0.3, -0.25) is 0 Å². The highest BCUT2D eigenvalue weighted by Gasteiger charge is 2.25. The molecule has 0 N–H and O–H groups in total. The predicted octanol–water partition coefficient (Wildman–Crippen LogP) is 8.41. The molecule has 2 aliphatic rings. The van der Waals surface area contributed by atoms with Gasteiger partial charge in [0.05, 0.1) is 0 Å². The van der Waals surface area contributed by atoms with E-state index >= 15 is 0 Å². The van der Waals surface area contributed by atoms with Crippen molar-refractivity contribution in [3.63, 3.8) is 0 Å². The third kappa shape index (κ3) is 6.29. The van der Waals surface area contributed by atoms with Crippen LogP contribution in [0, 0.1) is 29.4 Å². The predicted molar refractivity (Wildman–Crippen MR) is 110 cm³/mol. The van der Waals surface area contributed by atoms with Crippen molar-refractivity contribution < 1.29 is 8.78 Å². The SMILES string of the molecule is CCCCC[C@H]1CC[C@H](CCC2CCC(c3ccc(F)c(F)c3)CC2)CC1. The number of hydrogen-bond donors (Lipinski definition) is 0. The van der Waals surface area contributed by atoms with Crippen LogP contribution in [0.2, 0.25) is 0 Å². The highest BCUT2D eigenvalue weighted by atomic mass is 19.2. The van der Waals surface area contributed by atoms with Crippen molar-refractivity contribution in [2.24, 2.45) is 17.8 Å². The second kappa shape index (κ2) is 10.6. The monoisotopic (exact) mass is 376 g/mol. The van der Waals surface area contributed by atoms with Gasteiger partial charge < -0.3 is 0 Å². The summed E-state index contributed by atoms with van der Waals surface area (Å²) in [5.41, 5.74) is 0.994. The Hall–Kier alpha value is -0.920. The van der Waals surface area contributed by atoms with Crippen LogP contribution in [0.3, 0.4) is 0 Å². The molecule has 0 aliphatic heterocycles. The zero-order valence-electron chi connectivity index (χ0n) is 17.2.